The quantitative estimate of drug-likeness (QED) is 0.581. The van der Waals surface area contributed by atoms with Crippen LogP contribution in [-0.2, 0) is 0 Å². The van der Waals surface area contributed by atoms with Crippen molar-refractivity contribution in [2.24, 2.45) is 4.99 Å². The third-order valence-corrected chi connectivity index (χ3v) is 3.00. The van der Waals surface area contributed by atoms with Crippen LogP contribution < -0.4 is 0 Å². The molecule has 3 heteroatoms. The van der Waals surface area contributed by atoms with Gasteiger partial charge in [0.2, 0.25) is 0 Å². The predicted octanol–water partition coefficient (Wildman–Crippen LogP) is 4.78. The molecule has 1 heterocycles. The van der Waals surface area contributed by atoms with Crippen molar-refractivity contribution in [2.75, 3.05) is 0 Å². The average Bonchev–Trinajstić information content (AvgIpc) is 2.44. The fourth-order valence-corrected chi connectivity index (χ4v) is 2.19. The van der Waals surface area contributed by atoms with Gasteiger partial charge in [0.05, 0.1) is 0 Å². The van der Waals surface area contributed by atoms with Crippen molar-refractivity contribution in [3.8, 4) is 0 Å². The summed E-state index contributed by atoms with van der Waals surface area (Å²) >= 11 is 0. The summed E-state index contributed by atoms with van der Waals surface area (Å²) in [7, 11) is 0. The van der Waals surface area contributed by atoms with E-state index in [1.54, 1.807) is 18.4 Å². The zero-order valence-electron chi connectivity index (χ0n) is 12.7. The SMILES string of the molecule is C=C/C=C(O)\C=C1/CC(C)=C(/C=C\C)N(C=C)C1=NC=C. The molecule has 0 amide bonds. The van der Waals surface area contributed by atoms with Crippen LogP contribution in [0.2, 0.25) is 0 Å². The van der Waals surface area contributed by atoms with Crippen molar-refractivity contribution in [1.82, 2.24) is 4.90 Å². The lowest BCUT2D eigenvalue weighted by Gasteiger charge is -2.31. The number of hydrogen-bond acceptors (Lipinski definition) is 2. The molecule has 0 aromatic carbocycles. The Hall–Kier alpha value is -2.55. The lowest BCUT2D eigenvalue weighted by molar-refractivity contribution is 0.432. The normalized spacial score (nSPS) is 20.5. The van der Waals surface area contributed by atoms with Crippen LogP contribution in [0, 0.1) is 0 Å². The Labute approximate surface area is 127 Å². The Kier molecular flexibility index (Phi) is 6.21. The fourth-order valence-electron chi connectivity index (χ4n) is 2.19. The highest BCUT2D eigenvalue weighted by molar-refractivity contribution is 6.02. The molecule has 1 aliphatic rings. The van der Waals surface area contributed by atoms with Gasteiger partial charge in [-0.25, -0.2) is 4.99 Å². The molecule has 0 saturated heterocycles. The number of aliphatic hydroxyl groups excluding tert-OH is 1. The number of aliphatic hydroxyl groups is 1. The molecular formula is C18H22N2O. The Morgan fingerprint density at radius 2 is 2.05 bits per heavy atom. The average molecular weight is 282 g/mol. The highest BCUT2D eigenvalue weighted by atomic mass is 16.3. The van der Waals surface area contributed by atoms with Crippen molar-refractivity contribution >= 4 is 5.84 Å². The molecule has 0 aliphatic carbocycles. The van der Waals surface area contributed by atoms with E-state index in [1.165, 1.54) is 17.8 Å². The lowest BCUT2D eigenvalue weighted by Crippen LogP contribution is -2.30. The third-order valence-electron chi connectivity index (χ3n) is 3.00. The minimum Gasteiger partial charge on any atom is -0.508 e. The summed E-state index contributed by atoms with van der Waals surface area (Å²) in [5, 5.41) is 9.86. The molecule has 0 atom stereocenters. The molecule has 1 N–H and O–H groups in total. The van der Waals surface area contributed by atoms with Crippen LogP contribution in [0.5, 0.6) is 0 Å². The first kappa shape index (κ1) is 16.5. The van der Waals surface area contributed by atoms with E-state index in [2.05, 4.69) is 31.7 Å². The Morgan fingerprint density at radius 1 is 1.33 bits per heavy atom. The van der Waals surface area contributed by atoms with E-state index in [9.17, 15) is 5.11 Å². The van der Waals surface area contributed by atoms with E-state index in [4.69, 9.17) is 0 Å². The maximum absolute atomic E-state index is 9.86. The van der Waals surface area contributed by atoms with Crippen molar-refractivity contribution in [3.05, 3.63) is 85.1 Å². The maximum Gasteiger partial charge on any atom is 0.140 e. The molecule has 21 heavy (non-hydrogen) atoms. The second kappa shape index (κ2) is 7.90. The molecule has 0 saturated carbocycles. The monoisotopic (exact) mass is 282 g/mol. The first-order chi connectivity index (χ1) is 10.1. The molecule has 1 rings (SSSR count). The van der Waals surface area contributed by atoms with Gasteiger partial charge in [-0.3, -0.25) is 0 Å². The maximum atomic E-state index is 9.86. The van der Waals surface area contributed by atoms with Crippen LogP contribution >= 0.6 is 0 Å². The lowest BCUT2D eigenvalue weighted by atomic mass is 9.96. The molecule has 1 aliphatic heterocycles. The summed E-state index contributed by atoms with van der Waals surface area (Å²) in [6.07, 6.45) is 12.7. The zero-order valence-corrected chi connectivity index (χ0v) is 12.7. The molecule has 0 bridgehead atoms. The third kappa shape index (κ3) is 3.96. The summed E-state index contributed by atoms with van der Waals surface area (Å²) < 4.78 is 0. The Balaban J connectivity index is 3.45. The van der Waals surface area contributed by atoms with Gasteiger partial charge in [0.15, 0.2) is 0 Å². The Morgan fingerprint density at radius 3 is 2.57 bits per heavy atom. The van der Waals surface area contributed by atoms with Gasteiger partial charge in [0, 0.05) is 23.7 Å². The van der Waals surface area contributed by atoms with Crippen molar-refractivity contribution in [1.29, 1.82) is 0 Å². The second-order valence-corrected chi connectivity index (χ2v) is 4.53. The van der Waals surface area contributed by atoms with Crippen LogP contribution in [0.25, 0.3) is 0 Å². The first-order valence-corrected chi connectivity index (χ1v) is 6.74. The van der Waals surface area contributed by atoms with Gasteiger partial charge in [0.25, 0.3) is 0 Å². The molecule has 0 aromatic heterocycles. The van der Waals surface area contributed by atoms with E-state index in [-0.39, 0.29) is 5.76 Å². The summed E-state index contributed by atoms with van der Waals surface area (Å²) in [6, 6.07) is 0. The van der Waals surface area contributed by atoms with Gasteiger partial charge in [-0.2, -0.15) is 0 Å². The summed E-state index contributed by atoms with van der Waals surface area (Å²) in [6.45, 7) is 15.1. The van der Waals surface area contributed by atoms with Gasteiger partial charge >= 0.3 is 0 Å². The fraction of sp³-hybridized carbons (Fsp3) is 0.167. The van der Waals surface area contributed by atoms with Gasteiger partial charge in [-0.15, -0.1) is 0 Å². The van der Waals surface area contributed by atoms with Crippen LogP contribution in [-0.4, -0.2) is 15.8 Å². The van der Waals surface area contributed by atoms with Crippen LogP contribution in [0.4, 0.5) is 0 Å². The molecular weight excluding hydrogens is 260 g/mol. The van der Waals surface area contributed by atoms with Gasteiger partial charge in [-0.05, 0) is 44.1 Å². The van der Waals surface area contributed by atoms with Gasteiger partial charge < -0.3 is 10.0 Å². The molecule has 0 aromatic rings. The van der Waals surface area contributed by atoms with Crippen LogP contribution in [0.3, 0.4) is 0 Å². The number of nitrogens with zero attached hydrogens (tertiary/aromatic N) is 2. The Bertz CT molecular complexity index is 586. The van der Waals surface area contributed by atoms with Gasteiger partial charge in [0.1, 0.15) is 11.6 Å². The molecule has 0 spiro atoms. The number of hydrogen-bond donors (Lipinski definition) is 1. The van der Waals surface area contributed by atoms with E-state index in [1.807, 2.05) is 24.0 Å². The first-order valence-electron chi connectivity index (χ1n) is 6.74. The second-order valence-electron chi connectivity index (χ2n) is 4.53. The number of amidine groups is 1. The summed E-state index contributed by atoms with van der Waals surface area (Å²) in [4.78, 5) is 6.23. The van der Waals surface area contributed by atoms with Crippen molar-refractivity contribution in [3.63, 3.8) is 0 Å². The standard InChI is InChI=1S/C18H22N2O/c1-6-10-16(21)13-15-12-14(5)17(11-7-2)20(9-4)18(15)19-8-3/h6-11,13,21H,1,3-4,12H2,2,5H3/b11-7-,15-13+,16-10+,19-18?. The minimum absolute atomic E-state index is 0.142. The summed E-state index contributed by atoms with van der Waals surface area (Å²) in [5.74, 6) is 0.853. The van der Waals surface area contributed by atoms with E-state index in [0.29, 0.717) is 12.3 Å². The van der Waals surface area contributed by atoms with E-state index >= 15 is 0 Å². The zero-order chi connectivity index (χ0) is 15.8. The highest BCUT2D eigenvalue weighted by Crippen LogP contribution is 2.29. The van der Waals surface area contributed by atoms with Crippen LogP contribution in [0.1, 0.15) is 20.3 Å². The largest absolute Gasteiger partial charge is 0.508 e. The molecule has 0 unspecified atom stereocenters. The number of aliphatic imine (C=N–C) groups is 1. The predicted molar refractivity (Wildman–Crippen MR) is 90.8 cm³/mol. The van der Waals surface area contributed by atoms with E-state index < -0.39 is 0 Å². The molecule has 110 valence electrons. The van der Waals surface area contributed by atoms with Crippen molar-refractivity contribution < 1.29 is 5.11 Å². The minimum atomic E-state index is 0.142. The van der Waals surface area contributed by atoms with Crippen molar-refractivity contribution in [2.45, 2.75) is 20.3 Å². The van der Waals surface area contributed by atoms with Crippen LogP contribution in [0.15, 0.2) is 90.1 Å². The molecule has 0 radical (unpaired) electrons. The van der Waals surface area contributed by atoms with Gasteiger partial charge in [-0.1, -0.05) is 31.9 Å². The number of allylic oxidation sites excluding steroid dienone is 6. The van der Waals surface area contributed by atoms with E-state index in [0.717, 1.165) is 11.3 Å². The highest BCUT2D eigenvalue weighted by Gasteiger charge is 2.23. The number of rotatable bonds is 5. The smallest absolute Gasteiger partial charge is 0.140 e. The topological polar surface area (TPSA) is 35.8 Å². The molecule has 0 fully saturated rings. The molecule has 3 nitrogen and oxygen atoms in total. The summed E-state index contributed by atoms with van der Waals surface area (Å²) in [5.41, 5.74) is 3.11.